The van der Waals surface area contributed by atoms with Gasteiger partial charge in [-0.2, -0.15) is 0 Å². The Bertz CT molecular complexity index is 563. The van der Waals surface area contributed by atoms with Crippen LogP contribution in [0.1, 0.15) is 12.5 Å². The topological polar surface area (TPSA) is 3.24 Å². The van der Waals surface area contributed by atoms with E-state index >= 15 is 0 Å². The Kier molecular flexibility index (Phi) is 3.93. The molecule has 0 saturated heterocycles. The van der Waals surface area contributed by atoms with Gasteiger partial charge in [0.05, 0.1) is 5.70 Å². The van der Waals surface area contributed by atoms with E-state index < -0.39 is 0 Å². The van der Waals surface area contributed by atoms with Crippen molar-refractivity contribution >= 4 is 33.2 Å². The van der Waals surface area contributed by atoms with Crippen molar-refractivity contribution in [1.82, 2.24) is 4.90 Å². The summed E-state index contributed by atoms with van der Waals surface area (Å²) in [5.74, 6) is -0.327. The van der Waals surface area contributed by atoms with Crippen LogP contribution in [0, 0.1) is 5.82 Å². The van der Waals surface area contributed by atoms with Crippen LogP contribution >= 0.6 is 27.5 Å². The largest absolute Gasteiger partial charge is 0.341 e. The first-order valence-electron chi connectivity index (χ1n) is 5.54. The Morgan fingerprint density at radius 1 is 1.39 bits per heavy atom. The van der Waals surface area contributed by atoms with Crippen LogP contribution in [0.3, 0.4) is 0 Å². The van der Waals surface area contributed by atoms with Crippen molar-refractivity contribution in [2.75, 3.05) is 6.54 Å². The quantitative estimate of drug-likeness (QED) is 0.742. The summed E-state index contributed by atoms with van der Waals surface area (Å²) in [6, 6.07) is 4.69. The molecule has 4 heteroatoms. The molecule has 1 aliphatic rings. The molecule has 0 aromatic heterocycles. The Morgan fingerprint density at radius 3 is 2.72 bits per heavy atom. The van der Waals surface area contributed by atoms with Crippen LogP contribution in [0.15, 0.2) is 47.1 Å². The molecular formula is C14H12BrClFN. The predicted octanol–water partition coefficient (Wildman–Crippen LogP) is 4.95. The van der Waals surface area contributed by atoms with Crippen molar-refractivity contribution in [3.8, 4) is 0 Å². The van der Waals surface area contributed by atoms with Gasteiger partial charge in [0.1, 0.15) is 5.82 Å². The fourth-order valence-corrected chi connectivity index (χ4v) is 2.41. The van der Waals surface area contributed by atoms with E-state index in [2.05, 4.69) is 22.5 Å². The van der Waals surface area contributed by atoms with E-state index in [0.29, 0.717) is 10.6 Å². The maximum Gasteiger partial charge on any atom is 0.134 e. The first kappa shape index (κ1) is 13.4. The van der Waals surface area contributed by atoms with E-state index in [0.717, 1.165) is 22.4 Å². The maximum atomic E-state index is 14.0. The molecular weight excluding hydrogens is 317 g/mol. The van der Waals surface area contributed by atoms with Gasteiger partial charge in [-0.05, 0) is 53.2 Å². The second-order valence-corrected chi connectivity index (χ2v) is 5.17. The van der Waals surface area contributed by atoms with E-state index in [1.54, 1.807) is 12.1 Å². The summed E-state index contributed by atoms with van der Waals surface area (Å²) in [6.07, 6.45) is 3.74. The van der Waals surface area contributed by atoms with E-state index in [9.17, 15) is 4.39 Å². The normalized spacial score (nSPS) is 15.6. The van der Waals surface area contributed by atoms with Crippen LogP contribution < -0.4 is 0 Å². The molecule has 1 aromatic carbocycles. The number of rotatable bonds is 2. The first-order valence-corrected chi connectivity index (χ1v) is 6.71. The lowest BCUT2D eigenvalue weighted by Crippen LogP contribution is -2.23. The molecule has 0 unspecified atom stereocenters. The molecule has 18 heavy (non-hydrogen) atoms. The van der Waals surface area contributed by atoms with Gasteiger partial charge in [0.15, 0.2) is 0 Å². The van der Waals surface area contributed by atoms with Crippen LogP contribution in [0.4, 0.5) is 4.39 Å². The highest BCUT2D eigenvalue weighted by molar-refractivity contribution is 9.12. The molecule has 2 rings (SSSR count). The zero-order valence-corrected chi connectivity index (χ0v) is 12.2. The zero-order valence-electron chi connectivity index (χ0n) is 9.88. The highest BCUT2D eigenvalue weighted by Gasteiger charge is 2.20. The highest BCUT2D eigenvalue weighted by Crippen LogP contribution is 2.34. The minimum Gasteiger partial charge on any atom is -0.341 e. The standard InChI is InChI=1S/C14H12BrClFN/c1-3-18-9(2)12(15)6-7-14(18)11-5-4-10(16)8-13(11)17/h4-8H,2-3H2,1H3. The lowest BCUT2D eigenvalue weighted by Gasteiger charge is -2.30. The molecule has 0 spiro atoms. The Labute approximate surface area is 119 Å². The van der Waals surface area contributed by atoms with Gasteiger partial charge in [0.2, 0.25) is 0 Å². The van der Waals surface area contributed by atoms with E-state index in [-0.39, 0.29) is 5.82 Å². The minimum absolute atomic E-state index is 0.327. The van der Waals surface area contributed by atoms with Crippen molar-refractivity contribution in [3.05, 3.63) is 63.5 Å². The average Bonchev–Trinajstić information content (AvgIpc) is 2.33. The van der Waals surface area contributed by atoms with Crippen LogP contribution in [-0.4, -0.2) is 11.4 Å². The average molecular weight is 329 g/mol. The molecule has 1 aromatic rings. The van der Waals surface area contributed by atoms with Crippen molar-refractivity contribution in [3.63, 3.8) is 0 Å². The summed E-state index contributed by atoms with van der Waals surface area (Å²) in [5.41, 5.74) is 2.14. The van der Waals surface area contributed by atoms with Gasteiger partial charge in [-0.25, -0.2) is 4.39 Å². The van der Waals surface area contributed by atoms with Gasteiger partial charge in [0, 0.05) is 27.3 Å². The fourth-order valence-electron chi connectivity index (χ4n) is 1.91. The molecule has 0 bridgehead atoms. The van der Waals surface area contributed by atoms with Crippen LogP contribution in [0.2, 0.25) is 5.02 Å². The third-order valence-electron chi connectivity index (χ3n) is 2.80. The number of hydrogen-bond donors (Lipinski definition) is 0. The predicted molar refractivity (Wildman–Crippen MR) is 77.9 cm³/mol. The van der Waals surface area contributed by atoms with Crippen LogP contribution in [0.5, 0.6) is 0 Å². The van der Waals surface area contributed by atoms with Crippen molar-refractivity contribution in [2.24, 2.45) is 0 Å². The molecule has 0 amide bonds. The molecule has 0 radical (unpaired) electrons. The van der Waals surface area contributed by atoms with Gasteiger partial charge in [-0.15, -0.1) is 0 Å². The zero-order chi connectivity index (χ0) is 13.3. The number of likely N-dealkylation sites (N-methyl/N-ethyl adjacent to an activating group) is 1. The molecule has 1 heterocycles. The molecule has 0 N–H and O–H groups in total. The fraction of sp³-hybridized carbons (Fsp3) is 0.143. The van der Waals surface area contributed by atoms with Gasteiger partial charge in [-0.3, -0.25) is 0 Å². The Balaban J connectivity index is 2.52. The number of benzene rings is 1. The monoisotopic (exact) mass is 327 g/mol. The summed E-state index contributed by atoms with van der Waals surface area (Å²) in [4.78, 5) is 1.95. The number of hydrogen-bond acceptors (Lipinski definition) is 1. The maximum absolute atomic E-state index is 14.0. The highest BCUT2D eigenvalue weighted by atomic mass is 79.9. The smallest absolute Gasteiger partial charge is 0.134 e. The third-order valence-corrected chi connectivity index (χ3v) is 3.76. The second-order valence-electron chi connectivity index (χ2n) is 3.88. The molecule has 0 saturated carbocycles. The third kappa shape index (κ3) is 2.38. The van der Waals surface area contributed by atoms with E-state index in [1.807, 2.05) is 24.0 Å². The Morgan fingerprint density at radius 2 is 2.11 bits per heavy atom. The van der Waals surface area contributed by atoms with E-state index in [1.165, 1.54) is 6.07 Å². The van der Waals surface area contributed by atoms with Crippen LogP contribution in [0.25, 0.3) is 5.70 Å². The minimum atomic E-state index is -0.327. The summed E-state index contributed by atoms with van der Waals surface area (Å²) in [5, 5.41) is 0.395. The molecule has 1 aliphatic heterocycles. The SMILES string of the molecule is C=C1C(Br)=CC=C(c2ccc(Cl)cc2F)N1CC. The van der Waals surface area contributed by atoms with Crippen molar-refractivity contribution in [2.45, 2.75) is 6.92 Å². The first-order chi connectivity index (χ1) is 8.54. The molecule has 0 aliphatic carbocycles. The van der Waals surface area contributed by atoms with Crippen LogP contribution in [-0.2, 0) is 0 Å². The second kappa shape index (κ2) is 5.29. The summed E-state index contributed by atoms with van der Waals surface area (Å²) < 4.78 is 14.9. The number of allylic oxidation sites excluding steroid dienone is 3. The lowest BCUT2D eigenvalue weighted by molar-refractivity contribution is 0.521. The summed E-state index contributed by atoms with van der Waals surface area (Å²) in [6.45, 7) is 6.71. The number of nitrogens with zero attached hydrogens (tertiary/aromatic N) is 1. The van der Waals surface area contributed by atoms with Gasteiger partial charge >= 0.3 is 0 Å². The molecule has 0 fully saturated rings. The Hall–Kier alpha value is -1.06. The number of halogens is 3. The van der Waals surface area contributed by atoms with Gasteiger partial charge in [0.25, 0.3) is 0 Å². The van der Waals surface area contributed by atoms with Crippen molar-refractivity contribution in [1.29, 1.82) is 0 Å². The summed E-state index contributed by atoms with van der Waals surface area (Å²) >= 11 is 9.19. The van der Waals surface area contributed by atoms with Crippen molar-refractivity contribution < 1.29 is 4.39 Å². The molecule has 94 valence electrons. The lowest BCUT2D eigenvalue weighted by atomic mass is 10.1. The van der Waals surface area contributed by atoms with Gasteiger partial charge < -0.3 is 4.90 Å². The molecule has 1 nitrogen and oxygen atoms in total. The van der Waals surface area contributed by atoms with Gasteiger partial charge in [-0.1, -0.05) is 18.2 Å². The summed E-state index contributed by atoms with van der Waals surface area (Å²) in [7, 11) is 0. The van der Waals surface area contributed by atoms with E-state index in [4.69, 9.17) is 11.6 Å². The molecule has 0 atom stereocenters.